The molecule has 0 aliphatic carbocycles. The summed E-state index contributed by atoms with van der Waals surface area (Å²) in [6, 6.07) is 20.0. The number of piperidine rings is 2. The molecule has 17 nitrogen and oxygen atoms in total. The number of rotatable bonds is 17. The number of fused-ring (bicyclic) bond motifs is 2. The molecule has 4 fully saturated rings. The zero-order chi connectivity index (χ0) is 50.1. The molecule has 388 valence electrons. The number of halogens is 1. The molecule has 10 rings (SSSR count). The van der Waals surface area contributed by atoms with E-state index in [1.807, 2.05) is 40.3 Å². The highest BCUT2D eigenvalue weighted by atomic mass is 19.1. The van der Waals surface area contributed by atoms with Crippen molar-refractivity contribution in [2.45, 2.75) is 51.1 Å². The van der Waals surface area contributed by atoms with Gasteiger partial charge >= 0.3 is 0 Å². The molecule has 7 heterocycles. The number of benzene rings is 3. The number of aromatic nitrogens is 4. The Hall–Kier alpha value is -6.18. The number of piperazine rings is 2. The summed E-state index contributed by atoms with van der Waals surface area (Å²) in [6.45, 7) is 14.7. The van der Waals surface area contributed by atoms with Crippen molar-refractivity contribution in [3.05, 3.63) is 129 Å². The van der Waals surface area contributed by atoms with Crippen molar-refractivity contribution < 1.29 is 29.7 Å². The zero-order valence-corrected chi connectivity index (χ0v) is 41.8. The van der Waals surface area contributed by atoms with Crippen LogP contribution >= 0.6 is 0 Å². The number of H-pyrrole nitrogens is 1. The number of aromatic amines is 1. The van der Waals surface area contributed by atoms with Crippen LogP contribution in [0.3, 0.4) is 0 Å². The largest absolute Gasteiger partial charge is 0.491 e. The molecular weight excluding hydrogens is 930 g/mol. The van der Waals surface area contributed by atoms with Crippen molar-refractivity contribution in [2.75, 3.05) is 125 Å². The van der Waals surface area contributed by atoms with Crippen LogP contribution in [0.25, 0.3) is 10.8 Å². The van der Waals surface area contributed by atoms with Gasteiger partial charge in [-0.2, -0.15) is 5.10 Å². The van der Waals surface area contributed by atoms with E-state index in [9.17, 15) is 19.2 Å². The summed E-state index contributed by atoms with van der Waals surface area (Å²) in [4.78, 5) is 76.0. The summed E-state index contributed by atoms with van der Waals surface area (Å²) in [7, 11) is 0. The second-order valence-electron chi connectivity index (χ2n) is 20.4. The van der Waals surface area contributed by atoms with Crippen LogP contribution in [0, 0.1) is 11.7 Å². The maximum absolute atomic E-state index is 15.1. The SMILES string of the molecule is O=C(CN1CCN(CC2CCN(CCOCCOc3cccc([C@@H]4CCCN(C(=O)CN5Cc6cncnc6C5)C4)c3)CC2)CC1)N1CCN(C(=O)c2cc(Cc3n[nH]c(=O)c4ccccc34)ccc2F)CC1.[HH]. The number of nitrogens with zero attached hydrogens (tertiary/aromatic N) is 10. The van der Waals surface area contributed by atoms with Crippen LogP contribution in [0.2, 0.25) is 0 Å². The summed E-state index contributed by atoms with van der Waals surface area (Å²) in [6.07, 6.45) is 8.14. The average Bonchev–Trinajstić information content (AvgIpc) is 3.84. The monoisotopic (exact) mass is 1000 g/mol. The Kier molecular flexibility index (Phi) is 16.4. The highest BCUT2D eigenvalue weighted by molar-refractivity contribution is 5.95. The van der Waals surface area contributed by atoms with Crippen LogP contribution in [0.5, 0.6) is 5.75 Å². The third-order valence-corrected chi connectivity index (χ3v) is 15.5. The molecule has 0 spiro atoms. The predicted octanol–water partition coefficient (Wildman–Crippen LogP) is 4.12. The van der Waals surface area contributed by atoms with Gasteiger partial charge in [-0.25, -0.2) is 19.5 Å². The predicted molar refractivity (Wildman–Crippen MR) is 276 cm³/mol. The van der Waals surface area contributed by atoms with E-state index in [0.717, 1.165) is 102 Å². The Balaban J connectivity index is 0.00000672. The lowest BCUT2D eigenvalue weighted by atomic mass is 9.90. The Labute approximate surface area is 427 Å². The number of hydrogen-bond acceptors (Lipinski definition) is 13. The molecule has 0 radical (unpaired) electrons. The third kappa shape index (κ3) is 12.8. The summed E-state index contributed by atoms with van der Waals surface area (Å²) >= 11 is 0. The van der Waals surface area contributed by atoms with Gasteiger partial charge < -0.3 is 34.0 Å². The number of nitrogens with one attached hydrogen (secondary N) is 1. The smallest absolute Gasteiger partial charge is 0.272 e. The Bertz CT molecular complexity index is 2750. The minimum Gasteiger partial charge on any atom is -0.491 e. The average molecular weight is 1000 g/mol. The van der Waals surface area contributed by atoms with Gasteiger partial charge in [0.15, 0.2) is 0 Å². The van der Waals surface area contributed by atoms with Crippen molar-refractivity contribution in [1.29, 1.82) is 0 Å². The fraction of sp³-hybridized carbons (Fsp3) is 0.509. The van der Waals surface area contributed by atoms with E-state index in [1.54, 1.807) is 35.5 Å². The first-order valence-corrected chi connectivity index (χ1v) is 26.3. The van der Waals surface area contributed by atoms with E-state index in [0.29, 0.717) is 100 Å². The number of carbonyl (C=O) groups is 3. The highest BCUT2D eigenvalue weighted by Gasteiger charge is 2.31. The molecular formula is C55H70FN11O6. The summed E-state index contributed by atoms with van der Waals surface area (Å²) in [5.41, 5.74) is 4.41. The van der Waals surface area contributed by atoms with Crippen LogP contribution < -0.4 is 10.3 Å². The van der Waals surface area contributed by atoms with Gasteiger partial charge in [-0.05, 0) is 86.1 Å². The highest BCUT2D eigenvalue weighted by Crippen LogP contribution is 2.30. The van der Waals surface area contributed by atoms with Gasteiger partial charge in [0.25, 0.3) is 11.5 Å². The van der Waals surface area contributed by atoms with Crippen molar-refractivity contribution in [1.82, 2.24) is 54.5 Å². The first kappa shape index (κ1) is 50.4. The third-order valence-electron chi connectivity index (χ3n) is 15.5. The lowest BCUT2D eigenvalue weighted by Crippen LogP contribution is -2.55. The molecule has 3 amide bonds. The maximum Gasteiger partial charge on any atom is 0.272 e. The number of hydrogen-bond donors (Lipinski definition) is 1. The summed E-state index contributed by atoms with van der Waals surface area (Å²) < 4.78 is 27.2. The molecule has 5 aliphatic heterocycles. The molecule has 73 heavy (non-hydrogen) atoms. The van der Waals surface area contributed by atoms with E-state index in [1.165, 1.54) is 24.5 Å². The topological polar surface area (TPSA) is 164 Å². The second kappa shape index (κ2) is 23.8. The Morgan fingerprint density at radius 2 is 1.49 bits per heavy atom. The molecule has 4 saturated heterocycles. The van der Waals surface area contributed by atoms with Gasteiger partial charge in [0.1, 0.15) is 24.5 Å². The fourth-order valence-electron chi connectivity index (χ4n) is 11.3. The molecule has 0 saturated carbocycles. The molecule has 18 heteroatoms. The Morgan fingerprint density at radius 3 is 2.32 bits per heavy atom. The van der Waals surface area contributed by atoms with E-state index >= 15 is 4.39 Å². The molecule has 2 aromatic heterocycles. The fourth-order valence-corrected chi connectivity index (χ4v) is 11.3. The van der Waals surface area contributed by atoms with Crippen LogP contribution in [0.1, 0.15) is 71.5 Å². The van der Waals surface area contributed by atoms with Crippen molar-refractivity contribution in [3.8, 4) is 5.75 Å². The van der Waals surface area contributed by atoms with Crippen molar-refractivity contribution >= 4 is 28.5 Å². The Morgan fingerprint density at radius 1 is 0.726 bits per heavy atom. The molecule has 5 aliphatic rings. The number of likely N-dealkylation sites (tertiary alicyclic amines) is 2. The van der Waals surface area contributed by atoms with Crippen LogP contribution in [0.15, 0.2) is 84.0 Å². The maximum atomic E-state index is 15.1. The molecule has 0 unspecified atom stereocenters. The minimum absolute atomic E-state index is 0. The van der Waals surface area contributed by atoms with Gasteiger partial charge in [-0.1, -0.05) is 36.4 Å². The quantitative estimate of drug-likeness (QED) is 0.133. The van der Waals surface area contributed by atoms with Gasteiger partial charge in [-0.15, -0.1) is 0 Å². The van der Waals surface area contributed by atoms with Crippen LogP contribution in [0.4, 0.5) is 4.39 Å². The number of carbonyl (C=O) groups excluding carboxylic acids is 3. The van der Waals surface area contributed by atoms with Crippen molar-refractivity contribution in [3.63, 3.8) is 0 Å². The van der Waals surface area contributed by atoms with E-state index in [-0.39, 0.29) is 30.3 Å². The number of amides is 3. The first-order valence-electron chi connectivity index (χ1n) is 26.3. The molecule has 1 N–H and O–H groups in total. The van der Waals surface area contributed by atoms with E-state index in [4.69, 9.17) is 9.47 Å². The normalized spacial score (nSPS) is 19.6. The van der Waals surface area contributed by atoms with E-state index < -0.39 is 11.7 Å². The van der Waals surface area contributed by atoms with Gasteiger partial charge in [0.2, 0.25) is 11.8 Å². The van der Waals surface area contributed by atoms with Crippen LogP contribution in [-0.2, 0) is 33.8 Å². The molecule has 5 aromatic rings. The molecule has 1 atom stereocenters. The lowest BCUT2D eigenvalue weighted by Gasteiger charge is -2.40. The molecule has 3 aromatic carbocycles. The van der Waals surface area contributed by atoms with Gasteiger partial charge in [-0.3, -0.25) is 29.0 Å². The number of ether oxygens (including phenoxy) is 2. The zero-order valence-electron chi connectivity index (χ0n) is 41.8. The minimum atomic E-state index is -0.591. The summed E-state index contributed by atoms with van der Waals surface area (Å²) in [5, 5.41) is 8.02. The second-order valence-corrected chi connectivity index (χ2v) is 20.4. The standard InChI is InChI=1S/C55H68FN11O6.H2/c56-49-11-10-41(30-50-46-8-1-2-9-47(46)54(70)60-59-50)29-48(49)55(71)66-23-21-65(22-24-66)52(68)37-63-19-17-62(18-20-63)33-40-12-15-61(16-13-40)25-26-72-27-28-73-45-7-3-5-42(31-45)43-6-4-14-67(35-43)53(69)38-64-34-44-32-57-39-58-51(44)36-64;/h1-3,5,7-11,29,31-32,39-40,43H,4,6,12-28,30,33-38H2,(H,60,70);1H/t43-;/m1./s1. The van der Waals surface area contributed by atoms with Crippen molar-refractivity contribution in [2.24, 2.45) is 5.92 Å². The van der Waals surface area contributed by atoms with E-state index in [2.05, 4.69) is 51.9 Å². The molecule has 0 bridgehead atoms. The van der Waals surface area contributed by atoms with Crippen LogP contribution in [-0.4, -0.2) is 197 Å². The summed E-state index contributed by atoms with van der Waals surface area (Å²) in [5.74, 6) is 1.05. The van der Waals surface area contributed by atoms with Gasteiger partial charge in [0, 0.05) is 123 Å². The van der Waals surface area contributed by atoms with Gasteiger partial charge in [0.05, 0.1) is 48.6 Å². The first-order chi connectivity index (χ1) is 35.7. The lowest BCUT2D eigenvalue weighted by molar-refractivity contribution is -0.134.